The first kappa shape index (κ1) is 15.2. The minimum Gasteiger partial charge on any atom is -0.376 e. The summed E-state index contributed by atoms with van der Waals surface area (Å²) in [6.45, 7) is 4.06. The molecule has 5 heteroatoms. The summed E-state index contributed by atoms with van der Waals surface area (Å²) in [6.07, 6.45) is 2.83. The monoisotopic (exact) mass is 284 g/mol. The molecule has 1 fully saturated rings. The fourth-order valence-electron chi connectivity index (χ4n) is 2.60. The van der Waals surface area contributed by atoms with Gasteiger partial charge in [0, 0.05) is 26.2 Å². The molecule has 0 bridgehead atoms. The summed E-state index contributed by atoms with van der Waals surface area (Å²) in [5.74, 6) is -1.08. The van der Waals surface area contributed by atoms with Gasteiger partial charge in [-0.15, -0.1) is 0 Å². The molecule has 1 atom stereocenters. The van der Waals surface area contributed by atoms with Gasteiger partial charge in [-0.25, -0.2) is 8.78 Å². The Balaban J connectivity index is 2.14. The van der Waals surface area contributed by atoms with Gasteiger partial charge in [0.05, 0.1) is 6.10 Å². The molecule has 1 aromatic rings. The zero-order valence-corrected chi connectivity index (χ0v) is 11.9. The quantitative estimate of drug-likeness (QED) is 0.903. The van der Waals surface area contributed by atoms with Crippen LogP contribution in [0, 0.1) is 11.6 Å². The Morgan fingerprint density at radius 2 is 2.05 bits per heavy atom. The van der Waals surface area contributed by atoms with E-state index in [-0.39, 0.29) is 18.3 Å². The van der Waals surface area contributed by atoms with E-state index >= 15 is 0 Å². The smallest absolute Gasteiger partial charge is 0.149 e. The molecule has 1 saturated heterocycles. The molecule has 2 N–H and O–H groups in total. The van der Waals surface area contributed by atoms with Crippen LogP contribution >= 0.6 is 0 Å². The summed E-state index contributed by atoms with van der Waals surface area (Å²) in [6, 6.07) is 2.63. The van der Waals surface area contributed by atoms with Crippen LogP contribution in [0.15, 0.2) is 12.1 Å². The average Bonchev–Trinajstić information content (AvgIpc) is 2.44. The van der Waals surface area contributed by atoms with Crippen molar-refractivity contribution in [2.24, 2.45) is 5.73 Å². The van der Waals surface area contributed by atoms with Crippen molar-refractivity contribution >= 4 is 5.69 Å². The minimum atomic E-state index is -0.540. The summed E-state index contributed by atoms with van der Waals surface area (Å²) in [5, 5.41) is 0. The molecule has 1 aromatic carbocycles. The maximum Gasteiger partial charge on any atom is 0.149 e. The van der Waals surface area contributed by atoms with Crippen molar-refractivity contribution in [2.75, 3.05) is 24.6 Å². The Kier molecular flexibility index (Phi) is 5.31. The number of ether oxygens (including phenoxy) is 1. The van der Waals surface area contributed by atoms with Crippen molar-refractivity contribution in [2.45, 2.75) is 38.8 Å². The average molecular weight is 284 g/mol. The van der Waals surface area contributed by atoms with Crippen LogP contribution in [0.3, 0.4) is 0 Å². The summed E-state index contributed by atoms with van der Waals surface area (Å²) in [4.78, 5) is 1.74. The lowest BCUT2D eigenvalue weighted by molar-refractivity contribution is 0.0438. The van der Waals surface area contributed by atoms with E-state index in [9.17, 15) is 8.78 Å². The van der Waals surface area contributed by atoms with Crippen molar-refractivity contribution in [1.82, 2.24) is 0 Å². The molecule has 2 rings (SSSR count). The van der Waals surface area contributed by atoms with Gasteiger partial charge in [-0.1, -0.05) is 6.92 Å². The minimum absolute atomic E-state index is 0.0481. The summed E-state index contributed by atoms with van der Waals surface area (Å²) >= 11 is 0. The Labute approximate surface area is 118 Å². The molecule has 0 radical (unpaired) electrons. The number of benzene rings is 1. The zero-order chi connectivity index (χ0) is 14.5. The highest BCUT2D eigenvalue weighted by molar-refractivity contribution is 5.51. The molecule has 1 aliphatic rings. The SMILES string of the molecule is CCCOC1CCCN(c2c(F)cc(CN)cc2F)C1. The topological polar surface area (TPSA) is 38.5 Å². The van der Waals surface area contributed by atoms with Crippen molar-refractivity contribution in [1.29, 1.82) is 0 Å². The largest absolute Gasteiger partial charge is 0.376 e. The molecule has 1 aliphatic heterocycles. The first-order valence-corrected chi connectivity index (χ1v) is 7.20. The van der Waals surface area contributed by atoms with Gasteiger partial charge in [0.25, 0.3) is 0 Å². The van der Waals surface area contributed by atoms with E-state index in [0.29, 0.717) is 25.3 Å². The second-order valence-corrected chi connectivity index (χ2v) is 5.19. The molecule has 0 aliphatic carbocycles. The summed E-state index contributed by atoms with van der Waals surface area (Å²) < 4.78 is 33.9. The van der Waals surface area contributed by atoms with Crippen molar-refractivity contribution < 1.29 is 13.5 Å². The molecule has 3 nitrogen and oxygen atoms in total. The molecule has 0 aromatic heterocycles. The van der Waals surface area contributed by atoms with Crippen LogP contribution in [0.4, 0.5) is 14.5 Å². The van der Waals surface area contributed by atoms with Crippen molar-refractivity contribution in [3.05, 3.63) is 29.3 Å². The third-order valence-corrected chi connectivity index (χ3v) is 3.56. The van der Waals surface area contributed by atoms with E-state index in [0.717, 1.165) is 19.3 Å². The van der Waals surface area contributed by atoms with E-state index in [1.165, 1.54) is 12.1 Å². The third-order valence-electron chi connectivity index (χ3n) is 3.56. The second kappa shape index (κ2) is 6.99. The third kappa shape index (κ3) is 3.46. The van der Waals surface area contributed by atoms with Gasteiger partial charge in [-0.3, -0.25) is 0 Å². The van der Waals surface area contributed by atoms with Crippen LogP contribution < -0.4 is 10.6 Å². The Morgan fingerprint density at radius 3 is 2.65 bits per heavy atom. The number of halogens is 2. The predicted molar refractivity (Wildman–Crippen MR) is 75.7 cm³/mol. The maximum atomic E-state index is 14.1. The highest BCUT2D eigenvalue weighted by atomic mass is 19.1. The molecule has 1 unspecified atom stereocenters. The maximum absolute atomic E-state index is 14.1. The normalized spacial score (nSPS) is 19.4. The number of nitrogens with zero attached hydrogens (tertiary/aromatic N) is 1. The van der Waals surface area contributed by atoms with E-state index < -0.39 is 11.6 Å². The lowest BCUT2D eigenvalue weighted by Crippen LogP contribution is -2.40. The van der Waals surface area contributed by atoms with Crippen molar-refractivity contribution in [3.63, 3.8) is 0 Å². The number of anilines is 1. The molecular formula is C15H22F2N2O. The van der Waals surface area contributed by atoms with Gasteiger partial charge in [0.1, 0.15) is 17.3 Å². The van der Waals surface area contributed by atoms with Gasteiger partial charge in [-0.05, 0) is 37.0 Å². The Bertz CT molecular complexity index is 430. The number of rotatable bonds is 5. The van der Waals surface area contributed by atoms with Gasteiger partial charge >= 0.3 is 0 Å². The standard InChI is InChI=1S/C15H22F2N2O/c1-2-6-20-12-4-3-5-19(10-12)15-13(16)7-11(9-18)8-14(15)17/h7-8,12H,2-6,9-10,18H2,1H3. The highest BCUT2D eigenvalue weighted by Gasteiger charge is 2.25. The fourth-order valence-corrected chi connectivity index (χ4v) is 2.60. The van der Waals surface area contributed by atoms with Crippen LogP contribution in [-0.4, -0.2) is 25.8 Å². The number of hydrogen-bond acceptors (Lipinski definition) is 3. The first-order chi connectivity index (χ1) is 9.65. The van der Waals surface area contributed by atoms with Gasteiger partial charge in [-0.2, -0.15) is 0 Å². The van der Waals surface area contributed by atoms with E-state index in [2.05, 4.69) is 0 Å². The second-order valence-electron chi connectivity index (χ2n) is 5.19. The van der Waals surface area contributed by atoms with Crippen LogP contribution in [0.1, 0.15) is 31.7 Å². The lowest BCUT2D eigenvalue weighted by atomic mass is 10.1. The molecule has 20 heavy (non-hydrogen) atoms. The van der Waals surface area contributed by atoms with E-state index in [4.69, 9.17) is 10.5 Å². The summed E-state index contributed by atoms with van der Waals surface area (Å²) in [7, 11) is 0. The molecule has 112 valence electrons. The zero-order valence-electron chi connectivity index (χ0n) is 11.9. The van der Waals surface area contributed by atoms with Gasteiger partial charge in [0.15, 0.2) is 0 Å². The molecule has 1 heterocycles. The van der Waals surface area contributed by atoms with Crippen LogP contribution in [0.2, 0.25) is 0 Å². The van der Waals surface area contributed by atoms with Crippen LogP contribution in [0.25, 0.3) is 0 Å². The first-order valence-electron chi connectivity index (χ1n) is 7.20. The Morgan fingerprint density at radius 1 is 1.35 bits per heavy atom. The number of nitrogens with two attached hydrogens (primary N) is 1. The summed E-state index contributed by atoms with van der Waals surface area (Å²) in [5.41, 5.74) is 5.95. The fraction of sp³-hybridized carbons (Fsp3) is 0.600. The number of hydrogen-bond donors (Lipinski definition) is 1. The molecular weight excluding hydrogens is 262 g/mol. The highest BCUT2D eigenvalue weighted by Crippen LogP contribution is 2.28. The van der Waals surface area contributed by atoms with E-state index in [1.54, 1.807) is 4.90 Å². The predicted octanol–water partition coefficient (Wildman–Crippen LogP) is 2.82. The Hall–Kier alpha value is -1.20. The van der Waals surface area contributed by atoms with Crippen LogP contribution in [0.5, 0.6) is 0 Å². The van der Waals surface area contributed by atoms with Crippen molar-refractivity contribution in [3.8, 4) is 0 Å². The van der Waals surface area contributed by atoms with Gasteiger partial charge < -0.3 is 15.4 Å². The molecule has 0 amide bonds. The molecule has 0 spiro atoms. The van der Waals surface area contributed by atoms with E-state index in [1.807, 2.05) is 6.92 Å². The number of piperidine rings is 1. The lowest BCUT2D eigenvalue weighted by Gasteiger charge is -2.34. The van der Waals surface area contributed by atoms with Gasteiger partial charge in [0.2, 0.25) is 0 Å². The van der Waals surface area contributed by atoms with Crippen LogP contribution in [-0.2, 0) is 11.3 Å². The molecule has 0 saturated carbocycles.